The van der Waals surface area contributed by atoms with Gasteiger partial charge in [-0.05, 0) is 44.9 Å². The predicted molar refractivity (Wildman–Crippen MR) is 152 cm³/mol. The first-order valence-corrected chi connectivity index (χ1v) is 14.1. The Morgan fingerprint density at radius 2 is 0.455 bits per heavy atom. The SMILES string of the molecule is C1=CC1.C1=CC=C1.C1=CCC1.C1=CCC=C1.C1=CCCC1.C1CC1.C1CCC1.C1CCCC1. The van der Waals surface area contributed by atoms with Crippen LogP contribution in [-0.4, -0.2) is 0 Å². The fraction of sp³-hybridized carbons (Fsp3) is 0.576. The number of rotatable bonds is 0. The monoisotopic (exact) mass is 448 g/mol. The summed E-state index contributed by atoms with van der Waals surface area (Å²) in [4.78, 5) is 0. The van der Waals surface area contributed by atoms with Gasteiger partial charge in [-0.15, -0.1) is 0 Å². The van der Waals surface area contributed by atoms with Gasteiger partial charge in [-0.3, -0.25) is 0 Å². The molecule has 0 aromatic rings. The second kappa shape index (κ2) is 26.4. The van der Waals surface area contributed by atoms with E-state index in [9.17, 15) is 0 Å². The summed E-state index contributed by atoms with van der Waals surface area (Å²) < 4.78 is 0. The summed E-state index contributed by atoms with van der Waals surface area (Å²) in [5, 5.41) is 0. The minimum atomic E-state index is 1.14. The van der Waals surface area contributed by atoms with Crippen molar-refractivity contribution in [2.24, 2.45) is 0 Å². The smallest absolute Gasteiger partial charge is 0.0163 e. The third kappa shape index (κ3) is 32.4. The lowest BCUT2D eigenvalue weighted by molar-refractivity contribution is 0.504. The molecule has 33 heavy (non-hydrogen) atoms. The Morgan fingerprint density at radius 1 is 0.212 bits per heavy atom. The largest absolute Gasteiger partial charge is 0.0885 e. The highest BCUT2D eigenvalue weighted by atomic mass is 14.0. The lowest BCUT2D eigenvalue weighted by atomic mass is 10.0. The van der Waals surface area contributed by atoms with Crippen LogP contribution in [0.3, 0.4) is 0 Å². The molecule has 3 fully saturated rings. The van der Waals surface area contributed by atoms with Crippen LogP contribution >= 0.6 is 0 Å². The highest BCUT2D eigenvalue weighted by Gasteiger charge is 1.96. The van der Waals surface area contributed by atoms with Crippen LogP contribution in [0.1, 0.15) is 122 Å². The molecule has 0 aromatic carbocycles. The third-order valence-electron chi connectivity index (χ3n) is 5.51. The van der Waals surface area contributed by atoms with Crippen LogP contribution in [-0.2, 0) is 0 Å². The van der Waals surface area contributed by atoms with Crippen LogP contribution in [0.25, 0.3) is 0 Å². The van der Waals surface area contributed by atoms with Gasteiger partial charge in [0.25, 0.3) is 0 Å². The van der Waals surface area contributed by atoms with Crippen molar-refractivity contribution in [3.05, 3.63) is 85.1 Å². The van der Waals surface area contributed by atoms with E-state index >= 15 is 0 Å². The van der Waals surface area contributed by atoms with E-state index in [0.717, 1.165) is 6.42 Å². The zero-order valence-electron chi connectivity index (χ0n) is 21.5. The van der Waals surface area contributed by atoms with Crippen molar-refractivity contribution in [1.82, 2.24) is 0 Å². The van der Waals surface area contributed by atoms with E-state index in [1.54, 1.807) is 0 Å². The van der Waals surface area contributed by atoms with E-state index in [2.05, 4.69) is 60.8 Å². The zero-order valence-corrected chi connectivity index (χ0v) is 21.5. The number of hydrogen-bond donors (Lipinski definition) is 0. The normalized spacial score (nSPS) is 20.6. The van der Waals surface area contributed by atoms with Gasteiger partial charge < -0.3 is 0 Å². The summed E-state index contributed by atoms with van der Waals surface area (Å²) in [6, 6.07) is 0. The van der Waals surface area contributed by atoms with Crippen LogP contribution < -0.4 is 0 Å². The summed E-state index contributed by atoms with van der Waals surface area (Å²) in [5.74, 6) is 0. The quantitative estimate of drug-likeness (QED) is 0.323. The van der Waals surface area contributed by atoms with Crippen molar-refractivity contribution >= 4 is 0 Å². The Hall–Kier alpha value is -1.82. The molecule has 0 heterocycles. The molecule has 0 nitrogen and oxygen atoms in total. The van der Waals surface area contributed by atoms with E-state index < -0.39 is 0 Å². The summed E-state index contributed by atoms with van der Waals surface area (Å²) in [7, 11) is 0. The topological polar surface area (TPSA) is 0 Å². The Bertz CT molecular complexity index is 522. The van der Waals surface area contributed by atoms with Crippen LogP contribution in [0.15, 0.2) is 85.1 Å². The van der Waals surface area contributed by atoms with Crippen molar-refractivity contribution in [3.8, 4) is 0 Å². The molecular formula is C33H52. The van der Waals surface area contributed by atoms with Crippen molar-refractivity contribution in [1.29, 1.82) is 0 Å². The first-order chi connectivity index (χ1) is 16.5. The van der Waals surface area contributed by atoms with E-state index in [4.69, 9.17) is 0 Å². The molecule has 8 aliphatic carbocycles. The van der Waals surface area contributed by atoms with Gasteiger partial charge in [-0.25, -0.2) is 0 Å². The van der Waals surface area contributed by atoms with E-state index in [0.29, 0.717) is 0 Å². The molecule has 3 saturated carbocycles. The Labute approximate surface area is 207 Å². The molecule has 0 radical (unpaired) electrons. The highest BCUT2D eigenvalue weighted by Crippen LogP contribution is 2.15. The average Bonchev–Trinajstić information content (AvgIpc) is 3.57. The van der Waals surface area contributed by atoms with Gasteiger partial charge in [0.05, 0.1) is 0 Å². The lowest BCUT2D eigenvalue weighted by Gasteiger charge is -2.05. The highest BCUT2D eigenvalue weighted by molar-refractivity contribution is 5.22. The van der Waals surface area contributed by atoms with Gasteiger partial charge >= 0.3 is 0 Å². The fourth-order valence-corrected chi connectivity index (χ4v) is 2.39. The Morgan fingerprint density at radius 3 is 0.545 bits per heavy atom. The summed E-state index contributed by atoms with van der Waals surface area (Å²) in [5.41, 5.74) is 0. The molecule has 0 amide bonds. The fourth-order valence-electron chi connectivity index (χ4n) is 2.39. The van der Waals surface area contributed by atoms with Gasteiger partial charge in [-0.1, -0.05) is 162 Å². The standard InChI is InChI=1S/C5H10.C5H8.C5H6.C4H8.C4H6.C4H4.C3H6.C3H4/c3*1-2-4-5-3-1;3*1-2-4-3-1;2*1-2-3-1/h1-5H2;1-2H,3-5H2;1-4H,5H2;1-4H2;1-2H,3-4H2;1-4H;1-3H2;1-2H,3H2. The van der Waals surface area contributed by atoms with Crippen molar-refractivity contribution in [2.75, 3.05) is 0 Å². The molecule has 0 heteroatoms. The average molecular weight is 449 g/mol. The molecule has 0 aromatic heterocycles. The maximum Gasteiger partial charge on any atom is -0.0163 e. The molecule has 0 saturated heterocycles. The third-order valence-corrected chi connectivity index (χ3v) is 5.51. The summed E-state index contributed by atoms with van der Waals surface area (Å²) in [6.07, 6.45) is 56.5. The molecule has 0 atom stereocenters. The maximum atomic E-state index is 2.24. The Kier molecular flexibility index (Phi) is 23.4. The molecule has 8 aliphatic rings. The van der Waals surface area contributed by atoms with Gasteiger partial charge in [0.1, 0.15) is 0 Å². The molecule has 0 aliphatic heterocycles. The molecule has 0 unspecified atom stereocenters. The van der Waals surface area contributed by atoms with Gasteiger partial charge in [-0.2, -0.15) is 0 Å². The molecule has 0 bridgehead atoms. The van der Waals surface area contributed by atoms with Crippen LogP contribution in [0.5, 0.6) is 0 Å². The second-order valence-electron chi connectivity index (χ2n) is 9.26. The van der Waals surface area contributed by atoms with Crippen molar-refractivity contribution in [2.45, 2.75) is 122 Å². The molecule has 184 valence electrons. The van der Waals surface area contributed by atoms with Gasteiger partial charge in [0, 0.05) is 0 Å². The molecule has 0 N–H and O–H groups in total. The summed E-state index contributed by atoms with van der Waals surface area (Å²) in [6.45, 7) is 0. The van der Waals surface area contributed by atoms with Crippen molar-refractivity contribution < 1.29 is 0 Å². The van der Waals surface area contributed by atoms with E-state index in [1.807, 2.05) is 24.3 Å². The Balaban J connectivity index is 0.000000190. The first-order valence-electron chi connectivity index (χ1n) is 14.1. The minimum Gasteiger partial charge on any atom is -0.0885 e. The molecular weight excluding hydrogens is 396 g/mol. The maximum absolute atomic E-state index is 2.24. The number of hydrogen-bond acceptors (Lipinski definition) is 0. The molecule has 0 spiro atoms. The molecule has 8 rings (SSSR count). The van der Waals surface area contributed by atoms with E-state index in [1.165, 1.54) is 116 Å². The minimum absolute atomic E-state index is 1.14. The van der Waals surface area contributed by atoms with Crippen molar-refractivity contribution in [3.63, 3.8) is 0 Å². The first kappa shape index (κ1) is 29.2. The lowest BCUT2D eigenvalue weighted by Crippen LogP contribution is -1.85. The van der Waals surface area contributed by atoms with Crippen LogP contribution in [0, 0.1) is 0 Å². The van der Waals surface area contributed by atoms with Crippen LogP contribution in [0.2, 0.25) is 0 Å². The van der Waals surface area contributed by atoms with E-state index in [-0.39, 0.29) is 0 Å². The zero-order chi connectivity index (χ0) is 23.3. The summed E-state index contributed by atoms with van der Waals surface area (Å²) >= 11 is 0. The predicted octanol–water partition coefficient (Wildman–Crippen LogP) is 11.3. The van der Waals surface area contributed by atoms with Crippen LogP contribution in [0.4, 0.5) is 0 Å². The number of allylic oxidation sites excluding steroid dienone is 14. The second-order valence-corrected chi connectivity index (χ2v) is 9.26. The van der Waals surface area contributed by atoms with Gasteiger partial charge in [0.15, 0.2) is 0 Å². The van der Waals surface area contributed by atoms with Gasteiger partial charge in [0.2, 0.25) is 0 Å².